The van der Waals surface area contributed by atoms with Crippen molar-refractivity contribution in [2.45, 2.75) is 6.54 Å². The lowest BCUT2D eigenvalue weighted by Gasteiger charge is -2.06. The van der Waals surface area contributed by atoms with Crippen LogP contribution in [0.4, 0.5) is 14.6 Å². The highest BCUT2D eigenvalue weighted by Crippen LogP contribution is 2.11. The molecule has 2 rings (SSSR count). The van der Waals surface area contributed by atoms with Gasteiger partial charge in [0.05, 0.1) is 12.4 Å². The molecular weight excluding hydrogens is 256 g/mol. The van der Waals surface area contributed by atoms with Crippen molar-refractivity contribution in [3.05, 3.63) is 53.5 Å². The van der Waals surface area contributed by atoms with Crippen molar-refractivity contribution in [1.82, 2.24) is 9.97 Å². The summed E-state index contributed by atoms with van der Waals surface area (Å²) in [4.78, 5) is 18.1. The zero-order chi connectivity index (χ0) is 13.8. The molecule has 0 bridgehead atoms. The van der Waals surface area contributed by atoms with Crippen molar-refractivity contribution in [3.63, 3.8) is 0 Å². The fraction of sp³-hybridized carbons (Fsp3) is 0.0833. The molecule has 5 nitrogen and oxygen atoms in total. The summed E-state index contributed by atoms with van der Waals surface area (Å²) < 4.78 is 26.1. The van der Waals surface area contributed by atoms with Gasteiger partial charge in [-0.15, -0.1) is 0 Å². The summed E-state index contributed by atoms with van der Waals surface area (Å²) in [6.45, 7) is 0.0455. The van der Waals surface area contributed by atoms with Gasteiger partial charge in [0.1, 0.15) is 17.5 Å². The fourth-order valence-electron chi connectivity index (χ4n) is 1.41. The van der Waals surface area contributed by atoms with E-state index >= 15 is 0 Å². The van der Waals surface area contributed by atoms with E-state index in [0.717, 1.165) is 18.3 Å². The van der Waals surface area contributed by atoms with Crippen molar-refractivity contribution in [1.29, 1.82) is 0 Å². The molecule has 0 atom stereocenters. The Balaban J connectivity index is 2.10. The largest absolute Gasteiger partial charge is 0.476 e. The average molecular weight is 265 g/mol. The van der Waals surface area contributed by atoms with E-state index in [1.807, 2.05) is 0 Å². The Hall–Kier alpha value is -2.57. The molecule has 0 aliphatic rings. The predicted molar refractivity (Wildman–Crippen MR) is 62.7 cm³/mol. The Kier molecular flexibility index (Phi) is 3.65. The van der Waals surface area contributed by atoms with E-state index in [9.17, 15) is 13.6 Å². The second-order valence-electron chi connectivity index (χ2n) is 3.68. The van der Waals surface area contributed by atoms with Crippen LogP contribution in [0.15, 0.2) is 30.6 Å². The molecule has 0 saturated heterocycles. The van der Waals surface area contributed by atoms with Crippen molar-refractivity contribution in [3.8, 4) is 0 Å². The third-order valence-corrected chi connectivity index (χ3v) is 2.33. The molecule has 1 aromatic heterocycles. The van der Waals surface area contributed by atoms with E-state index in [-0.39, 0.29) is 23.6 Å². The molecular formula is C12H9F2N3O2. The highest BCUT2D eigenvalue weighted by atomic mass is 19.1. The van der Waals surface area contributed by atoms with E-state index in [1.165, 1.54) is 12.3 Å². The minimum atomic E-state index is -1.20. The zero-order valence-electron chi connectivity index (χ0n) is 9.60. The lowest BCUT2D eigenvalue weighted by atomic mass is 10.2. The van der Waals surface area contributed by atoms with E-state index in [1.54, 1.807) is 0 Å². The molecule has 2 N–H and O–H groups in total. The molecule has 7 heteroatoms. The van der Waals surface area contributed by atoms with Gasteiger partial charge in [0.15, 0.2) is 5.69 Å². The smallest absolute Gasteiger partial charge is 0.356 e. The van der Waals surface area contributed by atoms with Gasteiger partial charge < -0.3 is 10.4 Å². The Morgan fingerprint density at radius 3 is 2.79 bits per heavy atom. The molecule has 19 heavy (non-hydrogen) atoms. The van der Waals surface area contributed by atoms with Crippen molar-refractivity contribution in [2.24, 2.45) is 0 Å². The second-order valence-corrected chi connectivity index (χ2v) is 3.68. The normalized spacial score (nSPS) is 10.2. The maximum Gasteiger partial charge on any atom is 0.356 e. The van der Waals surface area contributed by atoms with Crippen molar-refractivity contribution in [2.75, 3.05) is 5.32 Å². The van der Waals surface area contributed by atoms with Gasteiger partial charge in [-0.1, -0.05) is 6.07 Å². The highest BCUT2D eigenvalue weighted by molar-refractivity contribution is 5.85. The lowest BCUT2D eigenvalue weighted by molar-refractivity contribution is 0.0690. The summed E-state index contributed by atoms with van der Waals surface area (Å²) in [6, 6.07) is 3.21. The number of rotatable bonds is 4. The van der Waals surface area contributed by atoms with Gasteiger partial charge >= 0.3 is 5.97 Å². The molecule has 0 fully saturated rings. The molecule has 2 aromatic rings. The zero-order valence-corrected chi connectivity index (χ0v) is 9.60. The van der Waals surface area contributed by atoms with Crippen molar-refractivity contribution >= 4 is 11.8 Å². The number of nitrogens with one attached hydrogen (secondary N) is 1. The molecule has 0 aliphatic carbocycles. The van der Waals surface area contributed by atoms with Crippen LogP contribution in [0, 0.1) is 11.6 Å². The number of hydrogen-bond acceptors (Lipinski definition) is 4. The topological polar surface area (TPSA) is 75.1 Å². The molecule has 0 spiro atoms. The number of carboxylic acids is 1. The minimum absolute atomic E-state index is 0.0455. The van der Waals surface area contributed by atoms with Gasteiger partial charge in [0.25, 0.3) is 0 Å². The van der Waals surface area contributed by atoms with Crippen LogP contribution >= 0.6 is 0 Å². The van der Waals surface area contributed by atoms with Crippen LogP contribution in [0.1, 0.15) is 16.1 Å². The number of aromatic nitrogens is 2. The summed E-state index contributed by atoms with van der Waals surface area (Å²) in [5, 5.41) is 11.5. The summed E-state index contributed by atoms with van der Waals surface area (Å²) in [5.74, 6) is -2.35. The van der Waals surface area contributed by atoms with Crippen LogP contribution in [0.25, 0.3) is 0 Å². The number of benzene rings is 1. The summed E-state index contributed by atoms with van der Waals surface area (Å²) >= 11 is 0. The van der Waals surface area contributed by atoms with Crippen LogP contribution in [0.2, 0.25) is 0 Å². The van der Waals surface area contributed by atoms with Gasteiger partial charge in [-0.25, -0.2) is 18.6 Å². The Labute approximate surface area is 106 Å². The SMILES string of the molecule is O=C(O)c1cncc(NCc2ccc(F)cc2F)n1. The predicted octanol–water partition coefficient (Wildman–Crippen LogP) is 2.07. The van der Waals surface area contributed by atoms with Crippen LogP contribution in [0.3, 0.4) is 0 Å². The first-order valence-electron chi connectivity index (χ1n) is 5.29. The molecule has 98 valence electrons. The monoisotopic (exact) mass is 265 g/mol. The number of aromatic carboxylic acids is 1. The summed E-state index contributed by atoms with van der Waals surface area (Å²) in [5.41, 5.74) is 0.0218. The molecule has 0 aliphatic heterocycles. The van der Waals surface area contributed by atoms with Gasteiger partial charge in [-0.2, -0.15) is 0 Å². The number of anilines is 1. The maximum absolute atomic E-state index is 13.4. The molecule has 0 saturated carbocycles. The third-order valence-electron chi connectivity index (χ3n) is 2.33. The van der Waals surface area contributed by atoms with E-state index in [4.69, 9.17) is 5.11 Å². The van der Waals surface area contributed by atoms with Crippen LogP contribution in [-0.2, 0) is 6.54 Å². The van der Waals surface area contributed by atoms with Crippen molar-refractivity contribution < 1.29 is 18.7 Å². The minimum Gasteiger partial charge on any atom is -0.476 e. The first-order valence-corrected chi connectivity index (χ1v) is 5.29. The highest BCUT2D eigenvalue weighted by Gasteiger charge is 2.07. The van der Waals surface area contributed by atoms with Gasteiger partial charge in [-0.05, 0) is 6.07 Å². The second kappa shape index (κ2) is 5.38. The average Bonchev–Trinajstić information content (AvgIpc) is 2.38. The first-order chi connectivity index (χ1) is 9.06. The van der Waals surface area contributed by atoms with Gasteiger partial charge in [-0.3, -0.25) is 4.98 Å². The van der Waals surface area contributed by atoms with E-state index in [2.05, 4.69) is 15.3 Å². The number of halogens is 2. The first kappa shape index (κ1) is 12.9. The number of carboxylic acid groups (broad SMARTS) is 1. The molecule has 1 heterocycles. The number of nitrogens with zero attached hydrogens (tertiary/aromatic N) is 2. The summed E-state index contributed by atoms with van der Waals surface area (Å²) in [6.07, 6.45) is 2.42. The van der Waals surface area contributed by atoms with Crippen LogP contribution in [0.5, 0.6) is 0 Å². The molecule has 0 unspecified atom stereocenters. The lowest BCUT2D eigenvalue weighted by Crippen LogP contribution is -2.07. The number of carbonyl (C=O) groups is 1. The molecule has 1 aromatic carbocycles. The number of hydrogen-bond donors (Lipinski definition) is 2. The van der Waals surface area contributed by atoms with E-state index in [0.29, 0.717) is 0 Å². The maximum atomic E-state index is 13.4. The fourth-order valence-corrected chi connectivity index (χ4v) is 1.41. The molecule has 0 amide bonds. The Bertz CT molecular complexity index is 620. The molecule has 0 radical (unpaired) electrons. The van der Waals surface area contributed by atoms with Crippen LogP contribution in [-0.4, -0.2) is 21.0 Å². The van der Waals surface area contributed by atoms with Crippen LogP contribution < -0.4 is 5.32 Å². The standard InChI is InChI=1S/C12H9F2N3O2/c13-8-2-1-7(9(14)3-8)4-16-11-6-15-5-10(17-11)12(18)19/h1-3,5-6H,4H2,(H,16,17)(H,18,19). The Morgan fingerprint density at radius 2 is 2.11 bits per heavy atom. The van der Waals surface area contributed by atoms with Gasteiger partial charge in [0, 0.05) is 18.2 Å². The van der Waals surface area contributed by atoms with Gasteiger partial charge in [0.2, 0.25) is 0 Å². The Morgan fingerprint density at radius 1 is 1.32 bits per heavy atom. The van der Waals surface area contributed by atoms with E-state index < -0.39 is 17.6 Å². The quantitative estimate of drug-likeness (QED) is 0.885. The summed E-state index contributed by atoms with van der Waals surface area (Å²) in [7, 11) is 0. The third kappa shape index (κ3) is 3.21.